The van der Waals surface area contributed by atoms with E-state index < -0.39 is 0 Å². The van der Waals surface area contributed by atoms with Gasteiger partial charge in [-0.25, -0.2) is 0 Å². The molecule has 4 heteroatoms. The Hall–Kier alpha value is -1.24. The van der Waals surface area contributed by atoms with E-state index in [-0.39, 0.29) is 6.04 Å². The molecule has 0 fully saturated rings. The van der Waals surface area contributed by atoms with Crippen LogP contribution in [0.2, 0.25) is 5.02 Å². The van der Waals surface area contributed by atoms with Gasteiger partial charge in [0, 0.05) is 19.6 Å². The van der Waals surface area contributed by atoms with Gasteiger partial charge >= 0.3 is 0 Å². The molecule has 0 spiro atoms. The molecule has 0 aromatic heterocycles. The average Bonchev–Trinajstić information content (AvgIpc) is 2.25. The summed E-state index contributed by atoms with van der Waals surface area (Å²) in [6.45, 7) is 2.60. The van der Waals surface area contributed by atoms with E-state index in [0.717, 1.165) is 11.3 Å². The maximum absolute atomic E-state index is 8.52. The van der Waals surface area contributed by atoms with Crippen LogP contribution in [-0.2, 0) is 0 Å². The highest BCUT2D eigenvalue weighted by molar-refractivity contribution is 6.33. The third-order valence-corrected chi connectivity index (χ3v) is 2.77. The molecule has 0 amide bonds. The zero-order valence-corrected chi connectivity index (χ0v) is 10.3. The quantitative estimate of drug-likeness (QED) is 0.876. The molecule has 0 bridgehead atoms. The van der Waals surface area contributed by atoms with Gasteiger partial charge in [0.2, 0.25) is 0 Å². The van der Waals surface area contributed by atoms with E-state index in [0.29, 0.717) is 18.0 Å². The molecule has 1 atom stereocenters. The first-order valence-electron chi connectivity index (χ1n) is 5.19. The number of nitrogens with zero attached hydrogens (tertiary/aromatic N) is 2. The Morgan fingerprint density at radius 1 is 1.56 bits per heavy atom. The molecule has 0 unspecified atom stereocenters. The minimum atomic E-state index is -0.0176. The molecular weight excluding hydrogens is 222 g/mol. The first kappa shape index (κ1) is 12.8. The van der Waals surface area contributed by atoms with Crippen LogP contribution in [0, 0.1) is 11.3 Å². The smallest absolute Gasteiger partial charge is 0.0642 e. The second-order valence-corrected chi connectivity index (χ2v) is 4.24. The SMILES string of the molecule is C[C@@H](N)c1ccc(N(C)CCC#N)c(Cl)c1. The molecule has 0 saturated heterocycles. The predicted molar refractivity (Wildman–Crippen MR) is 67.6 cm³/mol. The largest absolute Gasteiger partial charge is 0.372 e. The summed E-state index contributed by atoms with van der Waals surface area (Å²) in [5.41, 5.74) is 7.72. The minimum Gasteiger partial charge on any atom is -0.372 e. The summed E-state index contributed by atoms with van der Waals surface area (Å²) in [5.74, 6) is 0. The molecule has 1 aromatic carbocycles. The van der Waals surface area contributed by atoms with Crippen LogP contribution in [0.4, 0.5) is 5.69 Å². The van der Waals surface area contributed by atoms with Crippen LogP contribution in [0.15, 0.2) is 18.2 Å². The Morgan fingerprint density at radius 2 is 2.25 bits per heavy atom. The van der Waals surface area contributed by atoms with Crippen molar-refractivity contribution in [3.05, 3.63) is 28.8 Å². The fourth-order valence-electron chi connectivity index (χ4n) is 1.45. The lowest BCUT2D eigenvalue weighted by molar-refractivity contribution is 0.817. The third kappa shape index (κ3) is 3.13. The topological polar surface area (TPSA) is 53.0 Å². The van der Waals surface area contributed by atoms with Gasteiger partial charge in [0.25, 0.3) is 0 Å². The van der Waals surface area contributed by atoms with Gasteiger partial charge in [0.1, 0.15) is 0 Å². The Kier molecular flexibility index (Phi) is 4.60. The van der Waals surface area contributed by atoms with Crippen molar-refractivity contribution in [3.63, 3.8) is 0 Å². The normalized spacial score (nSPS) is 11.9. The van der Waals surface area contributed by atoms with E-state index in [1.165, 1.54) is 0 Å². The van der Waals surface area contributed by atoms with Crippen LogP contribution in [0.1, 0.15) is 24.9 Å². The number of halogens is 1. The summed E-state index contributed by atoms with van der Waals surface area (Å²) in [4.78, 5) is 1.97. The predicted octanol–water partition coefficient (Wildman–Crippen LogP) is 2.71. The number of nitrogens with two attached hydrogens (primary N) is 1. The molecule has 0 radical (unpaired) electrons. The Bertz CT molecular complexity index is 396. The summed E-state index contributed by atoms with van der Waals surface area (Å²) >= 11 is 6.17. The lowest BCUT2D eigenvalue weighted by atomic mass is 10.1. The van der Waals surface area contributed by atoms with E-state index in [4.69, 9.17) is 22.6 Å². The number of rotatable bonds is 4. The zero-order valence-electron chi connectivity index (χ0n) is 9.57. The Morgan fingerprint density at radius 3 is 2.75 bits per heavy atom. The molecule has 1 rings (SSSR count). The average molecular weight is 238 g/mol. The van der Waals surface area contributed by atoms with Crippen molar-refractivity contribution < 1.29 is 0 Å². The van der Waals surface area contributed by atoms with E-state index in [2.05, 4.69) is 6.07 Å². The Labute approximate surface area is 101 Å². The van der Waals surface area contributed by atoms with Gasteiger partial charge in [-0.3, -0.25) is 0 Å². The molecule has 0 aliphatic rings. The first-order chi connectivity index (χ1) is 7.56. The number of nitriles is 1. The number of hydrogen-bond donors (Lipinski definition) is 1. The number of hydrogen-bond acceptors (Lipinski definition) is 3. The second-order valence-electron chi connectivity index (χ2n) is 3.83. The molecule has 86 valence electrons. The monoisotopic (exact) mass is 237 g/mol. The van der Waals surface area contributed by atoms with Crippen molar-refractivity contribution >= 4 is 17.3 Å². The first-order valence-corrected chi connectivity index (χ1v) is 5.57. The van der Waals surface area contributed by atoms with E-state index in [1.807, 2.05) is 37.1 Å². The molecule has 0 aliphatic carbocycles. The van der Waals surface area contributed by atoms with E-state index >= 15 is 0 Å². The summed E-state index contributed by atoms with van der Waals surface area (Å²) in [6, 6.07) is 7.88. The summed E-state index contributed by atoms with van der Waals surface area (Å²) in [5, 5.41) is 9.20. The number of anilines is 1. The van der Waals surface area contributed by atoms with Gasteiger partial charge < -0.3 is 10.6 Å². The highest BCUT2D eigenvalue weighted by Gasteiger charge is 2.08. The van der Waals surface area contributed by atoms with Gasteiger partial charge in [-0.1, -0.05) is 17.7 Å². The van der Waals surface area contributed by atoms with Crippen LogP contribution in [0.25, 0.3) is 0 Å². The lowest BCUT2D eigenvalue weighted by Crippen LogP contribution is -2.18. The van der Waals surface area contributed by atoms with Crippen molar-refractivity contribution in [2.45, 2.75) is 19.4 Å². The van der Waals surface area contributed by atoms with Gasteiger partial charge in [0.05, 0.1) is 23.2 Å². The van der Waals surface area contributed by atoms with Crippen LogP contribution in [0.3, 0.4) is 0 Å². The molecule has 0 saturated carbocycles. The maximum Gasteiger partial charge on any atom is 0.0642 e. The highest BCUT2D eigenvalue weighted by Crippen LogP contribution is 2.27. The molecule has 0 heterocycles. The van der Waals surface area contributed by atoms with Gasteiger partial charge in [-0.2, -0.15) is 5.26 Å². The summed E-state index contributed by atoms with van der Waals surface area (Å²) in [7, 11) is 1.92. The third-order valence-electron chi connectivity index (χ3n) is 2.47. The van der Waals surface area contributed by atoms with Crippen LogP contribution in [-0.4, -0.2) is 13.6 Å². The highest BCUT2D eigenvalue weighted by atomic mass is 35.5. The van der Waals surface area contributed by atoms with Gasteiger partial charge in [-0.05, 0) is 24.6 Å². The van der Waals surface area contributed by atoms with Crippen LogP contribution in [0.5, 0.6) is 0 Å². The van der Waals surface area contributed by atoms with Crippen molar-refractivity contribution in [1.82, 2.24) is 0 Å². The van der Waals surface area contributed by atoms with Gasteiger partial charge in [-0.15, -0.1) is 0 Å². The molecule has 3 nitrogen and oxygen atoms in total. The zero-order chi connectivity index (χ0) is 12.1. The fourth-order valence-corrected chi connectivity index (χ4v) is 1.79. The lowest BCUT2D eigenvalue weighted by Gasteiger charge is -2.20. The standard InChI is InChI=1S/C12H16ClN3/c1-9(15)10-4-5-12(11(13)8-10)16(2)7-3-6-14/h4-5,8-9H,3,7,15H2,1-2H3/t9-/m1/s1. The summed E-state index contributed by atoms with van der Waals surface area (Å²) < 4.78 is 0. The van der Waals surface area contributed by atoms with Crippen molar-refractivity contribution in [3.8, 4) is 6.07 Å². The van der Waals surface area contributed by atoms with Crippen LogP contribution < -0.4 is 10.6 Å². The maximum atomic E-state index is 8.52. The van der Waals surface area contributed by atoms with E-state index in [1.54, 1.807) is 0 Å². The molecular formula is C12H16ClN3. The molecule has 1 aromatic rings. The van der Waals surface area contributed by atoms with Gasteiger partial charge in [0.15, 0.2) is 0 Å². The van der Waals surface area contributed by atoms with Crippen molar-refractivity contribution in [1.29, 1.82) is 5.26 Å². The van der Waals surface area contributed by atoms with Crippen molar-refractivity contribution in [2.75, 3.05) is 18.5 Å². The minimum absolute atomic E-state index is 0.0176. The molecule has 16 heavy (non-hydrogen) atoms. The number of benzene rings is 1. The molecule has 2 N–H and O–H groups in total. The fraction of sp³-hybridized carbons (Fsp3) is 0.417. The Balaban J connectivity index is 2.86. The van der Waals surface area contributed by atoms with E-state index in [9.17, 15) is 0 Å². The van der Waals surface area contributed by atoms with Crippen molar-refractivity contribution in [2.24, 2.45) is 5.73 Å². The second kappa shape index (κ2) is 5.74. The summed E-state index contributed by atoms with van der Waals surface area (Å²) in [6.07, 6.45) is 0.488. The molecule has 0 aliphatic heterocycles. The van der Waals surface area contributed by atoms with Crippen LogP contribution >= 0.6 is 11.6 Å².